The van der Waals surface area contributed by atoms with Gasteiger partial charge in [-0.2, -0.15) is 0 Å². The minimum Gasteiger partial charge on any atom is -0.492 e. The van der Waals surface area contributed by atoms with Gasteiger partial charge in [-0.3, -0.25) is 4.79 Å². The van der Waals surface area contributed by atoms with Crippen molar-refractivity contribution in [3.05, 3.63) is 24.3 Å². The second-order valence-electron chi connectivity index (χ2n) is 4.21. The Labute approximate surface area is 114 Å². The summed E-state index contributed by atoms with van der Waals surface area (Å²) in [5, 5.41) is 5.90. The molecule has 0 aromatic heterocycles. The molecule has 1 rings (SSSR count). The highest BCUT2D eigenvalue weighted by atomic mass is 16.5. The van der Waals surface area contributed by atoms with Crippen molar-refractivity contribution in [2.75, 3.05) is 32.2 Å². The molecular formula is C14H22N2O3. The number of hydrogen-bond acceptors (Lipinski definition) is 4. The molecule has 0 aliphatic heterocycles. The van der Waals surface area contributed by atoms with Gasteiger partial charge in [-0.15, -0.1) is 0 Å². The minimum atomic E-state index is -0.0733. The number of nitrogens with one attached hydrogen (secondary N) is 2. The van der Waals surface area contributed by atoms with E-state index in [1.165, 1.54) is 0 Å². The molecule has 19 heavy (non-hydrogen) atoms. The monoisotopic (exact) mass is 266 g/mol. The van der Waals surface area contributed by atoms with E-state index in [-0.39, 0.29) is 18.5 Å². The molecule has 0 unspecified atom stereocenters. The van der Waals surface area contributed by atoms with Gasteiger partial charge in [0.05, 0.1) is 25.4 Å². The molecular weight excluding hydrogens is 244 g/mol. The number of methoxy groups -OCH3 is 1. The smallest absolute Gasteiger partial charge is 0.239 e. The van der Waals surface area contributed by atoms with Gasteiger partial charge in [0.25, 0.3) is 0 Å². The fourth-order valence-corrected chi connectivity index (χ4v) is 1.69. The minimum absolute atomic E-state index is 0.00133. The highest BCUT2D eigenvalue weighted by Crippen LogP contribution is 2.23. The van der Waals surface area contributed by atoms with Crippen molar-refractivity contribution in [2.45, 2.75) is 19.9 Å². The van der Waals surface area contributed by atoms with Crippen LogP contribution in [0.5, 0.6) is 5.75 Å². The molecule has 0 aliphatic carbocycles. The second kappa shape index (κ2) is 8.37. The quantitative estimate of drug-likeness (QED) is 0.751. The van der Waals surface area contributed by atoms with Crippen LogP contribution in [0.15, 0.2) is 24.3 Å². The third kappa shape index (κ3) is 5.61. The zero-order valence-corrected chi connectivity index (χ0v) is 11.7. The van der Waals surface area contributed by atoms with E-state index >= 15 is 0 Å². The van der Waals surface area contributed by atoms with E-state index < -0.39 is 0 Å². The first-order chi connectivity index (χ1) is 9.17. The third-order valence-electron chi connectivity index (χ3n) is 2.45. The number of para-hydroxylation sites is 2. The van der Waals surface area contributed by atoms with Gasteiger partial charge in [0.1, 0.15) is 5.75 Å². The first kappa shape index (κ1) is 15.3. The number of benzene rings is 1. The Morgan fingerprint density at radius 1 is 1.37 bits per heavy atom. The van der Waals surface area contributed by atoms with Crippen LogP contribution in [0.1, 0.15) is 13.8 Å². The van der Waals surface area contributed by atoms with E-state index in [1.54, 1.807) is 7.11 Å². The number of hydrogen-bond donors (Lipinski definition) is 2. The summed E-state index contributed by atoms with van der Waals surface area (Å²) in [5.74, 6) is 0.679. The van der Waals surface area contributed by atoms with Gasteiger partial charge in [0.2, 0.25) is 5.91 Å². The summed E-state index contributed by atoms with van der Waals surface area (Å²) in [6, 6.07) is 7.56. The van der Waals surface area contributed by atoms with Crippen molar-refractivity contribution in [2.24, 2.45) is 0 Å². The van der Waals surface area contributed by atoms with E-state index in [0.29, 0.717) is 13.2 Å². The maximum absolute atomic E-state index is 11.7. The average molecular weight is 266 g/mol. The predicted molar refractivity (Wildman–Crippen MR) is 75.6 cm³/mol. The molecule has 0 aliphatic rings. The lowest BCUT2D eigenvalue weighted by molar-refractivity contribution is -0.120. The molecule has 1 atom stereocenters. The Kier molecular flexibility index (Phi) is 6.74. The van der Waals surface area contributed by atoms with Crippen molar-refractivity contribution in [1.82, 2.24) is 5.32 Å². The Bertz CT molecular complexity index is 396. The molecule has 0 bridgehead atoms. The van der Waals surface area contributed by atoms with Crippen molar-refractivity contribution in [3.63, 3.8) is 0 Å². The molecule has 106 valence electrons. The number of carbonyl (C=O) groups is 1. The molecule has 1 amide bonds. The lowest BCUT2D eigenvalue weighted by Crippen LogP contribution is -2.39. The number of carbonyl (C=O) groups excluding carboxylic acids is 1. The summed E-state index contributed by atoms with van der Waals surface area (Å²) in [7, 11) is 1.61. The molecule has 0 heterocycles. The topological polar surface area (TPSA) is 59.6 Å². The maximum atomic E-state index is 11.7. The lowest BCUT2D eigenvalue weighted by atomic mass is 10.3. The van der Waals surface area contributed by atoms with Gasteiger partial charge in [-0.05, 0) is 26.0 Å². The average Bonchev–Trinajstić information content (AvgIpc) is 2.38. The van der Waals surface area contributed by atoms with Crippen LogP contribution in [0.3, 0.4) is 0 Å². The number of anilines is 1. The first-order valence-corrected chi connectivity index (χ1v) is 6.41. The molecule has 0 radical (unpaired) electrons. The zero-order chi connectivity index (χ0) is 14.1. The normalized spacial score (nSPS) is 11.7. The highest BCUT2D eigenvalue weighted by Gasteiger charge is 2.08. The van der Waals surface area contributed by atoms with E-state index in [0.717, 1.165) is 11.4 Å². The fraction of sp³-hybridized carbons (Fsp3) is 0.500. The number of rotatable bonds is 8. The summed E-state index contributed by atoms with van der Waals surface area (Å²) in [5.41, 5.74) is 0.818. The first-order valence-electron chi connectivity index (χ1n) is 6.41. The predicted octanol–water partition coefficient (Wildman–Crippen LogP) is 1.65. The largest absolute Gasteiger partial charge is 0.492 e. The Morgan fingerprint density at radius 2 is 2.11 bits per heavy atom. The van der Waals surface area contributed by atoms with Gasteiger partial charge in [0.15, 0.2) is 0 Å². The number of amides is 1. The maximum Gasteiger partial charge on any atom is 0.239 e. The van der Waals surface area contributed by atoms with Crippen molar-refractivity contribution in [3.8, 4) is 5.75 Å². The lowest BCUT2D eigenvalue weighted by Gasteiger charge is -2.15. The second-order valence-corrected chi connectivity index (χ2v) is 4.21. The zero-order valence-electron chi connectivity index (χ0n) is 11.7. The molecule has 0 fully saturated rings. The summed E-state index contributed by atoms with van der Waals surface area (Å²) >= 11 is 0. The Balaban J connectivity index is 2.45. The van der Waals surface area contributed by atoms with Gasteiger partial charge in [-0.1, -0.05) is 12.1 Å². The van der Waals surface area contributed by atoms with Crippen molar-refractivity contribution < 1.29 is 14.3 Å². The summed E-state index contributed by atoms with van der Waals surface area (Å²) in [6.07, 6.45) is 0. The molecule has 1 aromatic carbocycles. The van der Waals surface area contributed by atoms with Crippen LogP contribution in [0.25, 0.3) is 0 Å². The van der Waals surface area contributed by atoms with Crippen LogP contribution >= 0.6 is 0 Å². The molecule has 0 spiro atoms. The fourth-order valence-electron chi connectivity index (χ4n) is 1.69. The van der Waals surface area contributed by atoms with Gasteiger partial charge in [0, 0.05) is 13.2 Å². The molecule has 5 heteroatoms. The van der Waals surface area contributed by atoms with Gasteiger partial charge >= 0.3 is 0 Å². The van der Waals surface area contributed by atoms with Gasteiger partial charge in [-0.25, -0.2) is 0 Å². The van der Waals surface area contributed by atoms with Gasteiger partial charge < -0.3 is 20.1 Å². The van der Waals surface area contributed by atoms with E-state index in [2.05, 4.69) is 10.6 Å². The molecule has 1 aromatic rings. The summed E-state index contributed by atoms with van der Waals surface area (Å²) in [4.78, 5) is 11.7. The van der Waals surface area contributed by atoms with Crippen LogP contribution in [-0.4, -0.2) is 38.8 Å². The third-order valence-corrected chi connectivity index (χ3v) is 2.45. The number of ether oxygens (including phenoxy) is 2. The van der Waals surface area contributed by atoms with E-state index in [1.807, 2.05) is 38.1 Å². The van der Waals surface area contributed by atoms with Crippen molar-refractivity contribution in [1.29, 1.82) is 0 Å². The molecule has 0 saturated heterocycles. The standard InChI is InChI=1S/C14H22N2O3/c1-4-19-13-8-6-5-7-12(13)15-9-14(17)16-11(2)10-18-3/h5-8,11,15H,4,9-10H2,1-3H3,(H,16,17)/t11-/m1/s1. The molecule has 0 saturated carbocycles. The van der Waals surface area contributed by atoms with Crippen LogP contribution in [0.4, 0.5) is 5.69 Å². The summed E-state index contributed by atoms with van der Waals surface area (Å²) < 4.78 is 10.4. The van der Waals surface area contributed by atoms with Crippen LogP contribution in [0, 0.1) is 0 Å². The highest BCUT2D eigenvalue weighted by molar-refractivity contribution is 5.81. The Hall–Kier alpha value is -1.75. The molecule has 5 nitrogen and oxygen atoms in total. The van der Waals surface area contributed by atoms with Crippen molar-refractivity contribution >= 4 is 11.6 Å². The van der Waals surface area contributed by atoms with Crippen LogP contribution in [0.2, 0.25) is 0 Å². The van der Waals surface area contributed by atoms with Crippen LogP contribution in [-0.2, 0) is 9.53 Å². The summed E-state index contributed by atoms with van der Waals surface area (Å²) in [6.45, 7) is 5.13. The Morgan fingerprint density at radius 3 is 2.79 bits per heavy atom. The SMILES string of the molecule is CCOc1ccccc1NCC(=O)N[C@H](C)COC. The molecule has 2 N–H and O–H groups in total. The van der Waals surface area contributed by atoms with Crippen LogP contribution < -0.4 is 15.4 Å². The van der Waals surface area contributed by atoms with E-state index in [9.17, 15) is 4.79 Å². The van der Waals surface area contributed by atoms with E-state index in [4.69, 9.17) is 9.47 Å².